The van der Waals surface area contributed by atoms with Crippen LogP contribution in [0.2, 0.25) is 0 Å². The van der Waals surface area contributed by atoms with Crippen molar-refractivity contribution in [3.63, 3.8) is 0 Å². The van der Waals surface area contributed by atoms with Crippen molar-refractivity contribution in [1.29, 1.82) is 0 Å². The summed E-state index contributed by atoms with van der Waals surface area (Å²) in [6, 6.07) is 21.6. The Labute approximate surface area is 198 Å². The zero-order valence-corrected chi connectivity index (χ0v) is 18.3. The molecule has 0 heterocycles. The van der Waals surface area contributed by atoms with Crippen LogP contribution in [0.1, 0.15) is 11.1 Å². The number of aliphatic imine (C=N–C) groups is 2. The Morgan fingerprint density at radius 3 is 2.26 bits per heavy atom. The molecule has 4 N–H and O–H groups in total. The van der Waals surface area contributed by atoms with Crippen molar-refractivity contribution in [3.05, 3.63) is 90.0 Å². The van der Waals surface area contributed by atoms with Crippen LogP contribution in [0.25, 0.3) is 0 Å². The summed E-state index contributed by atoms with van der Waals surface area (Å²) in [7, 11) is 0. The van der Waals surface area contributed by atoms with E-state index in [0.29, 0.717) is 16.4 Å². The largest absolute Gasteiger partial charge is 0.573 e. The SMILES string of the molecule is NC(=NC=Nc1ccc(OC(F)(F)F)cc1)c1ccc(/C=N/NC(=S)Nc2ccccc2)cc1. The number of para-hydroxylation sites is 1. The molecule has 0 saturated heterocycles. The first-order valence-electron chi connectivity index (χ1n) is 9.76. The van der Waals surface area contributed by atoms with Gasteiger partial charge in [0.15, 0.2) is 5.11 Å². The first-order valence-corrected chi connectivity index (χ1v) is 10.2. The smallest absolute Gasteiger partial charge is 0.406 e. The Balaban J connectivity index is 1.51. The number of benzene rings is 3. The minimum Gasteiger partial charge on any atom is -0.406 e. The molecular weight excluding hydrogens is 465 g/mol. The van der Waals surface area contributed by atoms with Crippen LogP contribution in [0.5, 0.6) is 5.75 Å². The number of halogens is 3. The molecule has 3 rings (SSSR count). The molecule has 0 fully saturated rings. The number of alkyl halides is 3. The van der Waals surface area contributed by atoms with Crippen LogP contribution < -0.4 is 21.2 Å². The molecule has 0 aliphatic heterocycles. The Hall–Kier alpha value is -4.25. The zero-order valence-electron chi connectivity index (χ0n) is 17.5. The molecule has 11 heteroatoms. The topological polar surface area (TPSA) is 96.4 Å². The highest BCUT2D eigenvalue weighted by atomic mass is 32.1. The Kier molecular flexibility index (Phi) is 8.30. The van der Waals surface area contributed by atoms with Crippen molar-refractivity contribution < 1.29 is 17.9 Å². The molecule has 0 aliphatic rings. The van der Waals surface area contributed by atoms with Crippen molar-refractivity contribution in [2.45, 2.75) is 6.36 Å². The third kappa shape index (κ3) is 8.36. The molecule has 0 bridgehead atoms. The van der Waals surface area contributed by atoms with Crippen molar-refractivity contribution in [1.82, 2.24) is 5.43 Å². The van der Waals surface area contributed by atoms with Crippen LogP contribution in [-0.4, -0.2) is 29.9 Å². The van der Waals surface area contributed by atoms with Crippen molar-refractivity contribution in [2.24, 2.45) is 20.8 Å². The summed E-state index contributed by atoms with van der Waals surface area (Å²) < 4.78 is 40.4. The highest BCUT2D eigenvalue weighted by molar-refractivity contribution is 7.80. The van der Waals surface area contributed by atoms with Gasteiger partial charge in [-0.15, -0.1) is 13.2 Å². The fourth-order valence-electron chi connectivity index (χ4n) is 2.55. The molecule has 0 saturated carbocycles. The van der Waals surface area contributed by atoms with Crippen LogP contribution in [0.15, 0.2) is 93.9 Å². The van der Waals surface area contributed by atoms with Crippen LogP contribution in [0.3, 0.4) is 0 Å². The maximum absolute atomic E-state index is 12.2. The van der Waals surface area contributed by atoms with Gasteiger partial charge in [0.05, 0.1) is 11.9 Å². The Morgan fingerprint density at radius 1 is 0.941 bits per heavy atom. The van der Waals surface area contributed by atoms with E-state index in [1.807, 2.05) is 30.3 Å². The second-order valence-electron chi connectivity index (χ2n) is 6.61. The molecule has 0 amide bonds. The van der Waals surface area contributed by atoms with E-state index in [1.54, 1.807) is 30.5 Å². The van der Waals surface area contributed by atoms with E-state index in [9.17, 15) is 13.2 Å². The summed E-state index contributed by atoms with van der Waals surface area (Å²) in [5, 5.41) is 7.45. The van der Waals surface area contributed by atoms with Crippen LogP contribution in [0.4, 0.5) is 24.5 Å². The van der Waals surface area contributed by atoms with E-state index in [4.69, 9.17) is 18.0 Å². The van der Waals surface area contributed by atoms with E-state index in [0.717, 1.165) is 23.4 Å². The molecule has 3 aromatic rings. The van der Waals surface area contributed by atoms with Crippen LogP contribution in [0, 0.1) is 0 Å². The number of nitrogens with zero attached hydrogens (tertiary/aromatic N) is 3. The lowest BCUT2D eigenvalue weighted by atomic mass is 10.1. The van der Waals surface area contributed by atoms with Crippen LogP contribution in [-0.2, 0) is 0 Å². The van der Waals surface area contributed by atoms with Crippen molar-refractivity contribution >= 4 is 47.1 Å². The van der Waals surface area contributed by atoms with Gasteiger partial charge < -0.3 is 15.8 Å². The highest BCUT2D eigenvalue weighted by Gasteiger charge is 2.30. The Bertz CT molecular complexity index is 1180. The fraction of sp³-hybridized carbons (Fsp3) is 0.0435. The predicted molar refractivity (Wildman–Crippen MR) is 132 cm³/mol. The summed E-state index contributed by atoms with van der Waals surface area (Å²) >= 11 is 5.18. The van der Waals surface area contributed by atoms with Gasteiger partial charge in [-0.1, -0.05) is 42.5 Å². The molecular formula is C23H19F3N6OS. The van der Waals surface area contributed by atoms with Gasteiger partial charge in [-0.25, -0.2) is 9.98 Å². The molecule has 3 aromatic carbocycles. The molecule has 0 aliphatic carbocycles. The van der Waals surface area contributed by atoms with Gasteiger partial charge in [0, 0.05) is 11.3 Å². The van der Waals surface area contributed by atoms with E-state index in [2.05, 4.69) is 30.6 Å². The first kappa shape index (κ1) is 24.4. The second kappa shape index (κ2) is 11.6. The van der Waals surface area contributed by atoms with Gasteiger partial charge in [-0.05, 0) is 54.2 Å². The van der Waals surface area contributed by atoms with E-state index in [-0.39, 0.29) is 11.6 Å². The zero-order chi connectivity index (χ0) is 24.4. The lowest BCUT2D eigenvalue weighted by Crippen LogP contribution is -2.23. The number of hydrazone groups is 1. The van der Waals surface area contributed by atoms with Gasteiger partial charge in [0.25, 0.3) is 0 Å². The number of rotatable bonds is 7. The van der Waals surface area contributed by atoms with Gasteiger partial charge in [-0.2, -0.15) is 5.10 Å². The molecule has 174 valence electrons. The number of hydrogen-bond acceptors (Lipinski definition) is 4. The van der Waals surface area contributed by atoms with Crippen molar-refractivity contribution in [3.8, 4) is 5.75 Å². The van der Waals surface area contributed by atoms with E-state index >= 15 is 0 Å². The standard InChI is InChI=1S/C23H19F3N6OS/c24-23(25,26)33-20-12-10-18(11-13-20)28-15-29-21(27)17-8-6-16(7-9-17)14-30-32-22(34)31-19-4-2-1-3-5-19/h1-15H,(H2,27,28,29)(H2,31,32,34)/b30-14+. The Morgan fingerprint density at radius 2 is 1.62 bits per heavy atom. The lowest BCUT2D eigenvalue weighted by molar-refractivity contribution is -0.274. The number of anilines is 1. The maximum Gasteiger partial charge on any atom is 0.573 e. The van der Waals surface area contributed by atoms with Gasteiger partial charge in [0.2, 0.25) is 0 Å². The van der Waals surface area contributed by atoms with Gasteiger partial charge in [0.1, 0.15) is 17.9 Å². The fourth-order valence-corrected chi connectivity index (χ4v) is 2.72. The third-order valence-corrected chi connectivity index (χ3v) is 4.29. The van der Waals surface area contributed by atoms with Gasteiger partial charge >= 0.3 is 6.36 Å². The lowest BCUT2D eigenvalue weighted by Gasteiger charge is -2.08. The number of ether oxygens (including phenoxy) is 1. The van der Waals surface area contributed by atoms with E-state index in [1.165, 1.54) is 18.5 Å². The monoisotopic (exact) mass is 484 g/mol. The molecule has 0 spiro atoms. The van der Waals surface area contributed by atoms with Gasteiger partial charge in [-0.3, -0.25) is 5.43 Å². The summed E-state index contributed by atoms with van der Waals surface area (Å²) in [6.07, 6.45) is -1.92. The predicted octanol–water partition coefficient (Wildman–Crippen LogP) is 4.97. The minimum atomic E-state index is -4.74. The summed E-state index contributed by atoms with van der Waals surface area (Å²) in [5.74, 6) is -0.113. The molecule has 0 unspecified atom stereocenters. The summed E-state index contributed by atoms with van der Waals surface area (Å²) in [4.78, 5) is 8.08. The minimum absolute atomic E-state index is 0.218. The molecule has 0 atom stereocenters. The average Bonchev–Trinajstić information content (AvgIpc) is 2.80. The molecule has 0 aromatic heterocycles. The van der Waals surface area contributed by atoms with Crippen molar-refractivity contribution in [2.75, 3.05) is 5.32 Å². The van der Waals surface area contributed by atoms with E-state index < -0.39 is 6.36 Å². The quantitative estimate of drug-likeness (QED) is 0.190. The average molecular weight is 485 g/mol. The number of thiocarbonyl (C=S) groups is 1. The summed E-state index contributed by atoms with van der Waals surface area (Å²) in [6.45, 7) is 0. The highest BCUT2D eigenvalue weighted by Crippen LogP contribution is 2.24. The molecule has 7 nitrogen and oxygen atoms in total. The summed E-state index contributed by atoms with van der Waals surface area (Å²) in [5.41, 5.74) is 11.4. The number of nitrogens with two attached hydrogens (primary N) is 1. The number of nitrogens with one attached hydrogen (secondary N) is 2. The van der Waals surface area contributed by atoms with Crippen LogP contribution >= 0.6 is 12.2 Å². The maximum atomic E-state index is 12.2. The third-order valence-electron chi connectivity index (χ3n) is 4.09. The first-order chi connectivity index (χ1) is 16.3. The second-order valence-corrected chi connectivity index (χ2v) is 7.02. The normalized spacial score (nSPS) is 12.1. The number of amidine groups is 1. The number of hydrogen-bond donors (Lipinski definition) is 3. The molecule has 0 radical (unpaired) electrons. The molecule has 34 heavy (non-hydrogen) atoms.